The monoisotopic (exact) mass is 306 g/mol. The molecule has 1 heterocycles. The smallest absolute Gasteiger partial charge is 0.254 e. The number of amides is 1. The van der Waals surface area contributed by atoms with Gasteiger partial charge >= 0.3 is 0 Å². The molecular weight excluding hydrogens is 284 g/mol. The number of nitrogens with zero attached hydrogens (tertiary/aromatic N) is 2. The molecule has 1 aliphatic carbocycles. The van der Waals surface area contributed by atoms with Crippen LogP contribution in [-0.2, 0) is 0 Å². The van der Waals surface area contributed by atoms with Gasteiger partial charge in [0.25, 0.3) is 5.91 Å². The van der Waals surface area contributed by atoms with Gasteiger partial charge in [-0.25, -0.2) is 0 Å². The molecule has 2 aliphatic rings. The average Bonchev–Trinajstić information content (AvgIpc) is 3.31. The summed E-state index contributed by atoms with van der Waals surface area (Å²) in [6, 6.07) is 5.82. The first-order valence-corrected chi connectivity index (χ1v) is 8.20. The van der Waals surface area contributed by atoms with E-state index in [1.165, 1.54) is 25.7 Å². The summed E-state index contributed by atoms with van der Waals surface area (Å²) in [6.45, 7) is 2.22. The molecular formula is C17H23ClN2O. The lowest BCUT2D eigenvalue weighted by atomic mass is 9.92. The second kappa shape index (κ2) is 5.88. The molecule has 1 aliphatic heterocycles. The third-order valence-electron chi connectivity index (χ3n) is 4.78. The van der Waals surface area contributed by atoms with Gasteiger partial charge in [-0.3, -0.25) is 4.79 Å². The molecule has 3 rings (SSSR count). The van der Waals surface area contributed by atoms with Gasteiger partial charge in [0.05, 0.1) is 10.6 Å². The Labute approximate surface area is 131 Å². The molecule has 1 aromatic rings. The molecule has 0 aromatic heterocycles. The number of hydrogen-bond acceptors (Lipinski definition) is 2. The lowest BCUT2D eigenvalue weighted by Crippen LogP contribution is -2.34. The van der Waals surface area contributed by atoms with Crippen molar-refractivity contribution in [2.75, 3.05) is 32.1 Å². The zero-order valence-electron chi connectivity index (χ0n) is 12.8. The number of rotatable bonds is 3. The largest absolute Gasteiger partial charge is 0.371 e. The van der Waals surface area contributed by atoms with Crippen LogP contribution in [0.15, 0.2) is 18.2 Å². The third kappa shape index (κ3) is 3.18. The fourth-order valence-corrected chi connectivity index (χ4v) is 3.57. The van der Waals surface area contributed by atoms with E-state index in [2.05, 4.69) is 4.90 Å². The number of piperidine rings is 1. The van der Waals surface area contributed by atoms with Crippen molar-refractivity contribution in [3.05, 3.63) is 28.8 Å². The summed E-state index contributed by atoms with van der Waals surface area (Å²) in [4.78, 5) is 16.0. The lowest BCUT2D eigenvalue weighted by Gasteiger charge is -2.34. The van der Waals surface area contributed by atoms with E-state index in [0.29, 0.717) is 10.6 Å². The standard InChI is InChI=1S/C17H23ClN2O/c1-19(2)17(21)15-6-5-14(11-16(15)18)20-9-7-13(8-10-20)12-3-4-12/h5-6,11-13H,3-4,7-10H2,1-2H3. The Bertz CT molecular complexity index is 532. The summed E-state index contributed by atoms with van der Waals surface area (Å²) >= 11 is 6.30. The molecule has 4 heteroatoms. The Morgan fingerprint density at radius 1 is 1.14 bits per heavy atom. The summed E-state index contributed by atoms with van der Waals surface area (Å²) in [5, 5.41) is 0.551. The van der Waals surface area contributed by atoms with E-state index in [1.54, 1.807) is 19.0 Å². The van der Waals surface area contributed by atoms with Gasteiger partial charge in [-0.2, -0.15) is 0 Å². The second-order valence-electron chi connectivity index (χ2n) is 6.53. The number of halogens is 1. The van der Waals surface area contributed by atoms with Gasteiger partial charge in [0.2, 0.25) is 0 Å². The van der Waals surface area contributed by atoms with Crippen LogP contribution in [0.3, 0.4) is 0 Å². The molecule has 1 amide bonds. The van der Waals surface area contributed by atoms with Gasteiger partial charge in [-0.1, -0.05) is 11.6 Å². The van der Waals surface area contributed by atoms with Crippen molar-refractivity contribution in [2.45, 2.75) is 25.7 Å². The maximum Gasteiger partial charge on any atom is 0.254 e. The molecule has 3 nitrogen and oxygen atoms in total. The zero-order valence-corrected chi connectivity index (χ0v) is 13.6. The van der Waals surface area contributed by atoms with Gasteiger partial charge in [0.15, 0.2) is 0 Å². The molecule has 1 saturated heterocycles. The van der Waals surface area contributed by atoms with Crippen LogP contribution in [0.25, 0.3) is 0 Å². The van der Waals surface area contributed by atoms with E-state index in [1.807, 2.05) is 18.2 Å². The van der Waals surface area contributed by atoms with Gasteiger partial charge < -0.3 is 9.80 Å². The minimum Gasteiger partial charge on any atom is -0.371 e. The Hall–Kier alpha value is -1.22. The molecule has 1 saturated carbocycles. The summed E-state index contributed by atoms with van der Waals surface area (Å²) in [7, 11) is 3.49. The van der Waals surface area contributed by atoms with Gasteiger partial charge in [-0.05, 0) is 55.7 Å². The lowest BCUT2D eigenvalue weighted by molar-refractivity contribution is 0.0828. The van der Waals surface area contributed by atoms with Crippen molar-refractivity contribution in [1.29, 1.82) is 0 Å². The van der Waals surface area contributed by atoms with E-state index in [-0.39, 0.29) is 5.91 Å². The van der Waals surface area contributed by atoms with E-state index < -0.39 is 0 Å². The third-order valence-corrected chi connectivity index (χ3v) is 5.10. The normalized spacial score (nSPS) is 19.7. The van der Waals surface area contributed by atoms with Crippen molar-refractivity contribution >= 4 is 23.2 Å². The topological polar surface area (TPSA) is 23.6 Å². The fourth-order valence-electron chi connectivity index (χ4n) is 3.31. The summed E-state index contributed by atoms with van der Waals surface area (Å²) in [5.41, 5.74) is 1.72. The molecule has 21 heavy (non-hydrogen) atoms. The Balaban J connectivity index is 1.69. The maximum atomic E-state index is 12.0. The summed E-state index contributed by atoms with van der Waals surface area (Å²) in [5.74, 6) is 1.90. The van der Waals surface area contributed by atoms with Crippen LogP contribution in [0.2, 0.25) is 5.02 Å². The number of benzene rings is 1. The van der Waals surface area contributed by atoms with Crippen molar-refractivity contribution in [1.82, 2.24) is 4.90 Å². The molecule has 0 radical (unpaired) electrons. The van der Waals surface area contributed by atoms with Crippen LogP contribution < -0.4 is 4.90 Å². The quantitative estimate of drug-likeness (QED) is 0.850. The average molecular weight is 307 g/mol. The highest BCUT2D eigenvalue weighted by molar-refractivity contribution is 6.34. The van der Waals surface area contributed by atoms with Gasteiger partial charge in [0, 0.05) is 32.9 Å². The van der Waals surface area contributed by atoms with Crippen LogP contribution in [-0.4, -0.2) is 38.0 Å². The minimum absolute atomic E-state index is 0.0426. The van der Waals surface area contributed by atoms with Crippen LogP contribution in [0.5, 0.6) is 0 Å². The highest BCUT2D eigenvalue weighted by atomic mass is 35.5. The number of anilines is 1. The van der Waals surface area contributed by atoms with Crippen LogP contribution in [0.1, 0.15) is 36.0 Å². The van der Waals surface area contributed by atoms with Crippen LogP contribution in [0, 0.1) is 11.8 Å². The number of hydrogen-bond donors (Lipinski definition) is 0. The SMILES string of the molecule is CN(C)C(=O)c1ccc(N2CCC(C3CC3)CC2)cc1Cl. The predicted molar refractivity (Wildman–Crippen MR) is 87.1 cm³/mol. The summed E-state index contributed by atoms with van der Waals surface area (Å²) < 4.78 is 0. The van der Waals surface area contributed by atoms with E-state index in [9.17, 15) is 4.79 Å². The Kier molecular flexibility index (Phi) is 4.12. The van der Waals surface area contributed by atoms with Gasteiger partial charge in [-0.15, -0.1) is 0 Å². The Morgan fingerprint density at radius 2 is 1.76 bits per heavy atom. The van der Waals surface area contributed by atoms with Gasteiger partial charge in [0.1, 0.15) is 0 Å². The van der Waals surface area contributed by atoms with Crippen molar-refractivity contribution in [3.8, 4) is 0 Å². The first-order chi connectivity index (χ1) is 10.1. The predicted octanol–water partition coefficient (Wildman–Crippen LogP) is 3.67. The minimum atomic E-state index is -0.0426. The molecule has 114 valence electrons. The fraction of sp³-hybridized carbons (Fsp3) is 0.588. The van der Waals surface area contributed by atoms with E-state index >= 15 is 0 Å². The molecule has 0 bridgehead atoms. The first-order valence-electron chi connectivity index (χ1n) is 7.82. The number of carbonyl (C=O) groups excluding carboxylic acids is 1. The highest BCUT2D eigenvalue weighted by Gasteiger charge is 2.33. The first kappa shape index (κ1) is 14.7. The second-order valence-corrected chi connectivity index (χ2v) is 6.93. The molecule has 0 unspecified atom stereocenters. The number of carbonyl (C=O) groups is 1. The summed E-state index contributed by atoms with van der Waals surface area (Å²) in [6.07, 6.45) is 5.47. The zero-order chi connectivity index (χ0) is 15.0. The van der Waals surface area contributed by atoms with Crippen molar-refractivity contribution in [2.24, 2.45) is 11.8 Å². The maximum absolute atomic E-state index is 12.0. The van der Waals surface area contributed by atoms with E-state index in [0.717, 1.165) is 30.6 Å². The molecule has 0 atom stereocenters. The highest BCUT2D eigenvalue weighted by Crippen LogP contribution is 2.42. The Morgan fingerprint density at radius 3 is 2.29 bits per heavy atom. The molecule has 0 N–H and O–H groups in total. The van der Waals surface area contributed by atoms with Crippen LogP contribution >= 0.6 is 11.6 Å². The van der Waals surface area contributed by atoms with Crippen molar-refractivity contribution < 1.29 is 4.79 Å². The van der Waals surface area contributed by atoms with Crippen molar-refractivity contribution in [3.63, 3.8) is 0 Å². The molecule has 0 spiro atoms. The van der Waals surface area contributed by atoms with Crippen LogP contribution in [0.4, 0.5) is 5.69 Å². The molecule has 2 fully saturated rings. The molecule has 1 aromatic carbocycles. The van der Waals surface area contributed by atoms with E-state index in [4.69, 9.17) is 11.6 Å².